The Kier molecular flexibility index (Phi) is 4.36. The molecule has 1 atom stereocenters. The van der Waals surface area contributed by atoms with E-state index in [9.17, 15) is 18.0 Å². The Morgan fingerprint density at radius 3 is 2.67 bits per heavy atom. The van der Waals surface area contributed by atoms with Crippen LogP contribution in [-0.4, -0.2) is 28.7 Å². The lowest BCUT2D eigenvalue weighted by molar-refractivity contribution is -0.139. The molecular formula is C9H8ClF3N2O3. The third kappa shape index (κ3) is 3.74. The van der Waals surface area contributed by atoms with Gasteiger partial charge in [-0.05, 0) is 6.07 Å². The number of pyridine rings is 1. The molecule has 0 saturated carbocycles. The van der Waals surface area contributed by atoms with Gasteiger partial charge in [0.1, 0.15) is 17.7 Å². The number of rotatable bonds is 4. The van der Waals surface area contributed by atoms with Crippen molar-refractivity contribution in [3.8, 4) is 5.88 Å². The molecule has 1 heterocycles. The summed E-state index contributed by atoms with van der Waals surface area (Å²) >= 11 is 5.52. The van der Waals surface area contributed by atoms with Gasteiger partial charge in [-0.1, -0.05) is 11.6 Å². The zero-order valence-corrected chi connectivity index (χ0v) is 9.50. The summed E-state index contributed by atoms with van der Waals surface area (Å²) in [5.74, 6) is -1.61. The van der Waals surface area contributed by atoms with Gasteiger partial charge in [-0.3, -0.25) is 4.79 Å². The van der Waals surface area contributed by atoms with Crippen molar-refractivity contribution < 1.29 is 27.8 Å². The fourth-order valence-corrected chi connectivity index (χ4v) is 1.15. The third-order valence-electron chi connectivity index (χ3n) is 1.85. The summed E-state index contributed by atoms with van der Waals surface area (Å²) in [5.41, 5.74) is 4.11. The Hall–Kier alpha value is -1.54. The smallest absolute Gasteiger partial charge is 0.417 e. The van der Waals surface area contributed by atoms with Crippen LogP contribution in [-0.2, 0) is 11.0 Å². The molecule has 9 heteroatoms. The minimum atomic E-state index is -4.56. The molecule has 0 aliphatic carbocycles. The third-order valence-corrected chi connectivity index (χ3v) is 2.12. The Bertz CT molecular complexity index is 453. The monoisotopic (exact) mass is 284 g/mol. The molecule has 0 amide bonds. The molecule has 0 aromatic carbocycles. The zero-order chi connectivity index (χ0) is 13.9. The van der Waals surface area contributed by atoms with Crippen molar-refractivity contribution in [2.24, 2.45) is 5.73 Å². The van der Waals surface area contributed by atoms with Gasteiger partial charge >= 0.3 is 12.1 Å². The minimum absolute atomic E-state index is 0.304. The van der Waals surface area contributed by atoms with Crippen LogP contribution in [0.5, 0.6) is 5.88 Å². The summed E-state index contributed by atoms with van der Waals surface area (Å²) < 4.78 is 41.7. The van der Waals surface area contributed by atoms with Crippen molar-refractivity contribution in [2.75, 3.05) is 6.61 Å². The normalized spacial score (nSPS) is 13.2. The van der Waals surface area contributed by atoms with Crippen LogP contribution >= 0.6 is 11.6 Å². The van der Waals surface area contributed by atoms with E-state index in [0.717, 1.165) is 0 Å². The highest BCUT2D eigenvalue weighted by atomic mass is 35.5. The number of hydrogen-bond donors (Lipinski definition) is 2. The number of hydrogen-bond acceptors (Lipinski definition) is 4. The molecule has 0 aliphatic heterocycles. The number of aliphatic carboxylic acids is 1. The average Bonchev–Trinajstić information content (AvgIpc) is 2.25. The zero-order valence-electron chi connectivity index (χ0n) is 8.74. The van der Waals surface area contributed by atoms with Crippen molar-refractivity contribution in [3.63, 3.8) is 0 Å². The molecule has 3 N–H and O–H groups in total. The highest BCUT2D eigenvalue weighted by molar-refractivity contribution is 6.31. The number of aromatic nitrogens is 1. The van der Waals surface area contributed by atoms with Gasteiger partial charge in [0, 0.05) is 6.20 Å². The molecule has 1 aromatic rings. The first-order valence-corrected chi connectivity index (χ1v) is 4.93. The lowest BCUT2D eigenvalue weighted by Gasteiger charge is -2.11. The van der Waals surface area contributed by atoms with E-state index in [1.165, 1.54) is 0 Å². The van der Waals surface area contributed by atoms with Crippen molar-refractivity contribution >= 4 is 17.6 Å². The largest absolute Gasteiger partial charge is 0.480 e. The Morgan fingerprint density at radius 1 is 1.61 bits per heavy atom. The van der Waals surface area contributed by atoms with E-state index in [2.05, 4.69) is 4.98 Å². The first kappa shape index (κ1) is 14.5. The summed E-state index contributed by atoms with van der Waals surface area (Å²) in [4.78, 5) is 13.7. The van der Waals surface area contributed by atoms with E-state index in [1.807, 2.05) is 0 Å². The number of alkyl halides is 3. The second-order valence-electron chi connectivity index (χ2n) is 3.26. The second-order valence-corrected chi connectivity index (χ2v) is 3.67. The number of nitrogens with two attached hydrogens (primary N) is 1. The number of nitrogens with zero attached hydrogens (tertiary/aromatic N) is 1. The number of halogens is 4. The van der Waals surface area contributed by atoms with Crippen LogP contribution in [0.4, 0.5) is 13.2 Å². The van der Waals surface area contributed by atoms with Gasteiger partial charge in [-0.25, -0.2) is 4.98 Å². The van der Waals surface area contributed by atoms with Crippen LogP contribution in [0.1, 0.15) is 5.56 Å². The maximum absolute atomic E-state index is 12.3. The summed E-state index contributed by atoms with van der Waals surface area (Å²) in [6.07, 6.45) is -4.03. The number of carboxylic acids is 1. The molecule has 0 spiro atoms. The quantitative estimate of drug-likeness (QED) is 0.876. The molecule has 5 nitrogen and oxygen atoms in total. The van der Waals surface area contributed by atoms with Crippen LogP contribution in [0.2, 0.25) is 5.02 Å². The summed E-state index contributed by atoms with van der Waals surface area (Å²) in [7, 11) is 0. The summed E-state index contributed by atoms with van der Waals surface area (Å²) in [6, 6.07) is -0.680. The maximum atomic E-state index is 12.3. The van der Waals surface area contributed by atoms with Crippen molar-refractivity contribution in [2.45, 2.75) is 12.2 Å². The minimum Gasteiger partial charge on any atom is -0.480 e. The van der Waals surface area contributed by atoms with Crippen LogP contribution in [0, 0.1) is 0 Å². The van der Waals surface area contributed by atoms with E-state index >= 15 is 0 Å². The van der Waals surface area contributed by atoms with Crippen molar-refractivity contribution in [1.29, 1.82) is 0 Å². The molecule has 0 fully saturated rings. The second kappa shape index (κ2) is 5.40. The molecular weight excluding hydrogens is 277 g/mol. The van der Waals surface area contributed by atoms with Gasteiger partial charge in [0.2, 0.25) is 5.88 Å². The SMILES string of the molecule is NC(COc1ncc(C(F)(F)F)cc1Cl)C(=O)O. The van der Waals surface area contributed by atoms with E-state index in [0.29, 0.717) is 12.3 Å². The maximum Gasteiger partial charge on any atom is 0.417 e. The van der Waals surface area contributed by atoms with Gasteiger partial charge < -0.3 is 15.6 Å². The van der Waals surface area contributed by atoms with Crippen LogP contribution in [0.25, 0.3) is 0 Å². The van der Waals surface area contributed by atoms with Gasteiger partial charge in [0.15, 0.2) is 0 Å². The fourth-order valence-electron chi connectivity index (χ4n) is 0.927. The van der Waals surface area contributed by atoms with E-state index in [-0.39, 0.29) is 10.9 Å². The van der Waals surface area contributed by atoms with E-state index < -0.39 is 30.4 Å². The van der Waals surface area contributed by atoms with Crippen LogP contribution in [0.3, 0.4) is 0 Å². The van der Waals surface area contributed by atoms with Crippen LogP contribution in [0.15, 0.2) is 12.3 Å². The Balaban J connectivity index is 2.78. The molecule has 18 heavy (non-hydrogen) atoms. The Labute approximate surface area is 104 Å². The lowest BCUT2D eigenvalue weighted by Crippen LogP contribution is -2.36. The highest BCUT2D eigenvalue weighted by Gasteiger charge is 2.31. The summed E-state index contributed by atoms with van der Waals surface area (Å²) in [5, 5.41) is 8.10. The molecule has 1 unspecified atom stereocenters. The predicted molar refractivity (Wildman–Crippen MR) is 55.4 cm³/mol. The molecule has 0 saturated heterocycles. The fraction of sp³-hybridized carbons (Fsp3) is 0.333. The van der Waals surface area contributed by atoms with Gasteiger partial charge in [0.25, 0.3) is 0 Å². The number of ether oxygens (including phenoxy) is 1. The van der Waals surface area contributed by atoms with Crippen LogP contribution < -0.4 is 10.5 Å². The standard InChI is InChI=1S/C9H8ClF3N2O3/c10-5-1-4(9(11,12)13)2-15-7(5)18-3-6(14)8(16)17/h1-2,6H,3,14H2,(H,16,17). The van der Waals surface area contributed by atoms with Crippen molar-refractivity contribution in [3.05, 3.63) is 22.8 Å². The molecule has 0 radical (unpaired) electrons. The lowest BCUT2D eigenvalue weighted by atomic mass is 10.3. The molecule has 1 aromatic heterocycles. The molecule has 0 bridgehead atoms. The van der Waals surface area contributed by atoms with Gasteiger partial charge in [-0.2, -0.15) is 13.2 Å². The first-order chi connectivity index (χ1) is 8.21. The van der Waals surface area contributed by atoms with Crippen molar-refractivity contribution in [1.82, 2.24) is 4.98 Å². The molecule has 1 rings (SSSR count). The average molecular weight is 285 g/mol. The molecule has 0 aliphatic rings. The van der Waals surface area contributed by atoms with E-state index in [4.69, 9.17) is 27.2 Å². The Morgan fingerprint density at radius 2 is 2.22 bits per heavy atom. The molecule has 100 valence electrons. The topological polar surface area (TPSA) is 85.4 Å². The highest BCUT2D eigenvalue weighted by Crippen LogP contribution is 2.32. The van der Waals surface area contributed by atoms with E-state index in [1.54, 1.807) is 0 Å². The van der Waals surface area contributed by atoms with Gasteiger partial charge in [0.05, 0.1) is 5.56 Å². The number of carbonyl (C=O) groups is 1. The number of carboxylic acid groups (broad SMARTS) is 1. The summed E-state index contributed by atoms with van der Waals surface area (Å²) in [6.45, 7) is -0.451. The van der Waals surface area contributed by atoms with Gasteiger partial charge in [-0.15, -0.1) is 0 Å². The first-order valence-electron chi connectivity index (χ1n) is 4.55. The predicted octanol–water partition coefficient (Wildman–Crippen LogP) is 1.54.